The second kappa shape index (κ2) is 8.66. The number of hydrogen-bond acceptors (Lipinski definition) is 5. The predicted molar refractivity (Wildman–Crippen MR) is 120 cm³/mol. The zero-order chi connectivity index (χ0) is 21.8. The third-order valence-corrected chi connectivity index (χ3v) is 4.93. The fourth-order valence-corrected chi connectivity index (χ4v) is 3.58. The Balaban J connectivity index is 1.42. The molecule has 0 spiro atoms. The molecule has 1 aromatic heterocycles. The number of rotatable bonds is 7. The lowest BCUT2D eigenvalue weighted by atomic mass is 10.1. The average Bonchev–Trinajstić information content (AvgIpc) is 3.10. The van der Waals surface area contributed by atoms with E-state index in [9.17, 15) is 14.9 Å². The minimum atomic E-state index is -0.486. The van der Waals surface area contributed by atoms with Crippen LogP contribution in [-0.2, 0) is 16.2 Å². The lowest BCUT2D eigenvalue weighted by Crippen LogP contribution is -2.16. The number of nitro groups is 1. The highest BCUT2D eigenvalue weighted by Gasteiger charge is 2.11. The maximum absolute atomic E-state index is 12.2. The number of nitrogens with zero attached hydrogens (tertiary/aromatic N) is 3. The van der Waals surface area contributed by atoms with E-state index < -0.39 is 4.92 Å². The molecular formula is C23H20N4O4. The van der Waals surface area contributed by atoms with Gasteiger partial charge in [-0.1, -0.05) is 35.5 Å². The van der Waals surface area contributed by atoms with Crippen LogP contribution in [0.1, 0.15) is 12.5 Å². The Morgan fingerprint density at radius 1 is 1.10 bits per heavy atom. The van der Waals surface area contributed by atoms with Crippen LogP contribution in [0, 0.1) is 10.1 Å². The highest BCUT2D eigenvalue weighted by atomic mass is 16.6. The number of oxime groups is 1. The summed E-state index contributed by atoms with van der Waals surface area (Å²) in [4.78, 5) is 27.6. The number of para-hydroxylation sites is 1. The summed E-state index contributed by atoms with van der Waals surface area (Å²) >= 11 is 0. The van der Waals surface area contributed by atoms with Gasteiger partial charge in [0.15, 0.2) is 6.61 Å². The van der Waals surface area contributed by atoms with Gasteiger partial charge in [-0.05, 0) is 31.2 Å². The Bertz CT molecular complexity index is 1310. The molecule has 8 heteroatoms. The van der Waals surface area contributed by atoms with Gasteiger partial charge in [0, 0.05) is 51.7 Å². The molecule has 0 saturated heterocycles. The molecule has 0 radical (unpaired) electrons. The molecule has 31 heavy (non-hydrogen) atoms. The lowest BCUT2D eigenvalue weighted by Gasteiger charge is -2.06. The summed E-state index contributed by atoms with van der Waals surface area (Å²) in [5, 5.41) is 19.5. The normalized spacial score (nSPS) is 11.3. The third kappa shape index (κ3) is 4.23. The number of amides is 1. The molecule has 3 aromatic carbocycles. The molecule has 0 saturated carbocycles. The van der Waals surface area contributed by atoms with Gasteiger partial charge in [0.1, 0.15) is 0 Å². The van der Waals surface area contributed by atoms with E-state index in [-0.39, 0.29) is 18.2 Å². The summed E-state index contributed by atoms with van der Waals surface area (Å²) in [5.41, 5.74) is 3.40. The molecule has 0 aliphatic rings. The Hall–Kier alpha value is -4.20. The van der Waals surface area contributed by atoms with Crippen LogP contribution in [0.5, 0.6) is 0 Å². The van der Waals surface area contributed by atoms with Crippen molar-refractivity contribution in [2.45, 2.75) is 13.5 Å². The van der Waals surface area contributed by atoms with Crippen LogP contribution in [-0.4, -0.2) is 28.2 Å². The van der Waals surface area contributed by atoms with Gasteiger partial charge in [0.05, 0.1) is 11.1 Å². The maximum Gasteiger partial charge on any atom is 0.270 e. The van der Waals surface area contributed by atoms with Crippen molar-refractivity contribution in [1.82, 2.24) is 4.57 Å². The van der Waals surface area contributed by atoms with Crippen molar-refractivity contribution in [2.75, 3.05) is 11.9 Å². The monoisotopic (exact) mass is 416 g/mol. The fourth-order valence-electron chi connectivity index (χ4n) is 3.58. The smallest absolute Gasteiger partial charge is 0.270 e. The van der Waals surface area contributed by atoms with Crippen molar-refractivity contribution < 1.29 is 14.6 Å². The maximum atomic E-state index is 12.2. The first-order chi connectivity index (χ1) is 15.1. The molecule has 0 atom stereocenters. The average molecular weight is 416 g/mol. The zero-order valence-corrected chi connectivity index (χ0v) is 16.8. The molecule has 1 N–H and O–H groups in total. The number of fused-ring (bicyclic) bond motifs is 3. The number of anilines is 1. The van der Waals surface area contributed by atoms with Crippen LogP contribution in [0.2, 0.25) is 0 Å². The second-order valence-corrected chi connectivity index (χ2v) is 6.90. The Morgan fingerprint density at radius 3 is 2.71 bits per heavy atom. The van der Waals surface area contributed by atoms with E-state index >= 15 is 0 Å². The Morgan fingerprint density at radius 2 is 1.90 bits per heavy atom. The van der Waals surface area contributed by atoms with E-state index in [2.05, 4.69) is 34.1 Å². The van der Waals surface area contributed by atoms with Crippen LogP contribution >= 0.6 is 0 Å². The van der Waals surface area contributed by atoms with Gasteiger partial charge in [-0.15, -0.1) is 0 Å². The number of carbonyl (C=O) groups is 1. The molecule has 156 valence electrons. The molecular weight excluding hydrogens is 396 g/mol. The number of aryl methyl sites for hydroxylation is 1. The summed E-state index contributed by atoms with van der Waals surface area (Å²) in [6.45, 7) is 2.68. The van der Waals surface area contributed by atoms with Gasteiger partial charge in [-0.2, -0.15) is 0 Å². The SMILES string of the molecule is CCn1c2ccccc2c2cc(NC(=O)CO/N=C/c3cccc([N+](=O)[O-])c3)ccc21. The largest absolute Gasteiger partial charge is 0.386 e. The van der Waals surface area contributed by atoms with Crippen LogP contribution in [0.4, 0.5) is 11.4 Å². The highest BCUT2D eigenvalue weighted by Crippen LogP contribution is 2.30. The summed E-state index contributed by atoms with van der Waals surface area (Å²) < 4.78 is 2.24. The van der Waals surface area contributed by atoms with Crippen molar-refractivity contribution in [2.24, 2.45) is 5.16 Å². The van der Waals surface area contributed by atoms with Crippen molar-refractivity contribution in [3.63, 3.8) is 0 Å². The molecule has 0 bridgehead atoms. The number of nitro benzene ring substituents is 1. The Labute approximate surface area is 177 Å². The first-order valence-corrected chi connectivity index (χ1v) is 9.77. The number of non-ortho nitro benzene ring substituents is 1. The first-order valence-electron chi connectivity index (χ1n) is 9.77. The van der Waals surface area contributed by atoms with Crippen LogP contribution in [0.15, 0.2) is 71.9 Å². The lowest BCUT2D eigenvalue weighted by molar-refractivity contribution is -0.384. The van der Waals surface area contributed by atoms with Gasteiger partial charge in [-0.3, -0.25) is 14.9 Å². The number of carbonyl (C=O) groups excluding carboxylic acids is 1. The quantitative estimate of drug-likeness (QED) is 0.268. The van der Waals surface area contributed by atoms with Gasteiger partial charge in [0.25, 0.3) is 11.6 Å². The first kappa shape index (κ1) is 20.1. The van der Waals surface area contributed by atoms with E-state index in [1.54, 1.807) is 12.1 Å². The second-order valence-electron chi connectivity index (χ2n) is 6.90. The molecule has 1 amide bonds. The van der Waals surface area contributed by atoms with Gasteiger partial charge < -0.3 is 14.7 Å². The summed E-state index contributed by atoms with van der Waals surface area (Å²) in [6.07, 6.45) is 1.33. The highest BCUT2D eigenvalue weighted by molar-refractivity contribution is 6.09. The predicted octanol–water partition coefficient (Wildman–Crippen LogP) is 4.71. The molecule has 4 rings (SSSR count). The van der Waals surface area contributed by atoms with E-state index in [4.69, 9.17) is 4.84 Å². The van der Waals surface area contributed by atoms with Crippen molar-refractivity contribution in [3.8, 4) is 0 Å². The van der Waals surface area contributed by atoms with Crippen LogP contribution in [0.3, 0.4) is 0 Å². The van der Waals surface area contributed by atoms with E-state index in [0.717, 1.165) is 28.4 Å². The molecule has 1 heterocycles. The van der Waals surface area contributed by atoms with Gasteiger partial charge >= 0.3 is 0 Å². The molecule has 8 nitrogen and oxygen atoms in total. The summed E-state index contributed by atoms with van der Waals surface area (Å²) in [5.74, 6) is -0.352. The topological polar surface area (TPSA) is 98.8 Å². The number of benzene rings is 3. The molecule has 0 unspecified atom stereocenters. The molecule has 0 fully saturated rings. The minimum Gasteiger partial charge on any atom is -0.386 e. The number of aromatic nitrogens is 1. The number of hydrogen-bond donors (Lipinski definition) is 1. The van der Waals surface area contributed by atoms with E-state index in [1.165, 1.54) is 18.3 Å². The minimum absolute atomic E-state index is 0.0403. The van der Waals surface area contributed by atoms with Crippen molar-refractivity contribution in [3.05, 3.63) is 82.4 Å². The zero-order valence-electron chi connectivity index (χ0n) is 16.8. The fraction of sp³-hybridized carbons (Fsp3) is 0.130. The standard InChI is InChI=1S/C23H20N4O4/c1-2-26-21-9-4-3-8-19(21)20-13-17(10-11-22(20)26)25-23(28)15-31-24-14-16-6-5-7-18(12-16)27(29)30/h3-14H,2,15H2,1H3,(H,25,28)/b24-14+. The Kier molecular flexibility index (Phi) is 5.61. The van der Waals surface area contributed by atoms with Crippen LogP contribution < -0.4 is 5.32 Å². The third-order valence-electron chi connectivity index (χ3n) is 4.93. The van der Waals surface area contributed by atoms with Gasteiger partial charge in [-0.25, -0.2) is 0 Å². The van der Waals surface area contributed by atoms with Crippen molar-refractivity contribution in [1.29, 1.82) is 0 Å². The van der Waals surface area contributed by atoms with Crippen molar-refractivity contribution >= 4 is 45.3 Å². The molecule has 0 aliphatic heterocycles. The van der Waals surface area contributed by atoms with E-state index in [1.807, 2.05) is 30.3 Å². The van der Waals surface area contributed by atoms with E-state index in [0.29, 0.717) is 11.3 Å². The van der Waals surface area contributed by atoms with Crippen LogP contribution in [0.25, 0.3) is 21.8 Å². The summed E-state index contributed by atoms with van der Waals surface area (Å²) in [7, 11) is 0. The summed E-state index contributed by atoms with van der Waals surface area (Å²) in [6, 6.07) is 19.9. The molecule has 0 aliphatic carbocycles. The van der Waals surface area contributed by atoms with Gasteiger partial charge in [0.2, 0.25) is 0 Å². The molecule has 4 aromatic rings. The number of nitrogens with one attached hydrogen (secondary N) is 1.